The molecule has 1 aromatic heterocycles. The topological polar surface area (TPSA) is 71.3 Å². The minimum Gasteiger partial charge on any atom is -0.450 e. The molecular formula is C23H26N2O3. The van der Waals surface area contributed by atoms with Gasteiger partial charge in [0.1, 0.15) is 5.58 Å². The lowest BCUT2D eigenvalue weighted by Gasteiger charge is -2.11. The molecule has 0 aliphatic rings. The molecule has 0 aliphatic carbocycles. The SMILES string of the molecule is Cc1cc(C(=O)NCC(C)C)ccc1NC(=O)c1oc2c(C)cccc2c1C. The van der Waals surface area contributed by atoms with Gasteiger partial charge in [0.15, 0.2) is 5.76 Å². The van der Waals surface area contributed by atoms with Gasteiger partial charge in [-0.05, 0) is 56.0 Å². The number of nitrogens with one attached hydrogen (secondary N) is 2. The molecule has 0 bridgehead atoms. The van der Waals surface area contributed by atoms with Crippen molar-refractivity contribution >= 4 is 28.5 Å². The molecule has 0 unspecified atom stereocenters. The third-order valence-electron chi connectivity index (χ3n) is 4.77. The number of anilines is 1. The van der Waals surface area contributed by atoms with Crippen LogP contribution >= 0.6 is 0 Å². The third kappa shape index (κ3) is 3.93. The summed E-state index contributed by atoms with van der Waals surface area (Å²) in [7, 11) is 0. The minimum absolute atomic E-state index is 0.113. The fourth-order valence-electron chi connectivity index (χ4n) is 3.12. The van der Waals surface area contributed by atoms with Crippen LogP contribution < -0.4 is 10.6 Å². The van der Waals surface area contributed by atoms with E-state index in [-0.39, 0.29) is 11.8 Å². The summed E-state index contributed by atoms with van der Waals surface area (Å²) in [6, 6.07) is 11.1. The summed E-state index contributed by atoms with van der Waals surface area (Å²) in [6.45, 7) is 10.4. The quantitative estimate of drug-likeness (QED) is 0.656. The number of fused-ring (bicyclic) bond motifs is 1. The normalized spacial score (nSPS) is 11.1. The van der Waals surface area contributed by atoms with Crippen LogP contribution in [0, 0.1) is 26.7 Å². The van der Waals surface area contributed by atoms with E-state index in [0.717, 1.165) is 27.7 Å². The van der Waals surface area contributed by atoms with Crippen LogP contribution in [0.2, 0.25) is 0 Å². The molecular weight excluding hydrogens is 352 g/mol. The van der Waals surface area contributed by atoms with Crippen molar-refractivity contribution in [2.45, 2.75) is 34.6 Å². The third-order valence-corrected chi connectivity index (χ3v) is 4.77. The maximum absolute atomic E-state index is 12.8. The van der Waals surface area contributed by atoms with Gasteiger partial charge < -0.3 is 15.1 Å². The number of carbonyl (C=O) groups is 2. The van der Waals surface area contributed by atoms with Gasteiger partial charge in [-0.25, -0.2) is 0 Å². The number of benzene rings is 2. The highest BCUT2D eigenvalue weighted by Gasteiger charge is 2.19. The average molecular weight is 378 g/mol. The van der Waals surface area contributed by atoms with E-state index in [4.69, 9.17) is 4.42 Å². The molecule has 0 saturated carbocycles. The summed E-state index contributed by atoms with van der Waals surface area (Å²) in [6.07, 6.45) is 0. The number of para-hydroxylation sites is 1. The molecule has 1 heterocycles. The first-order valence-corrected chi connectivity index (χ1v) is 9.47. The molecule has 0 aliphatic heterocycles. The summed E-state index contributed by atoms with van der Waals surface area (Å²) >= 11 is 0. The predicted molar refractivity (Wildman–Crippen MR) is 112 cm³/mol. The fourth-order valence-corrected chi connectivity index (χ4v) is 3.12. The largest absolute Gasteiger partial charge is 0.450 e. The Hall–Kier alpha value is -3.08. The van der Waals surface area contributed by atoms with E-state index >= 15 is 0 Å². The Labute approximate surface area is 165 Å². The van der Waals surface area contributed by atoms with Crippen LogP contribution in [0.25, 0.3) is 11.0 Å². The molecule has 0 radical (unpaired) electrons. The van der Waals surface area contributed by atoms with E-state index in [1.807, 2.05) is 52.8 Å². The van der Waals surface area contributed by atoms with Gasteiger partial charge >= 0.3 is 0 Å². The Bertz CT molecular complexity index is 1050. The number of furan rings is 1. The Balaban J connectivity index is 1.80. The monoisotopic (exact) mass is 378 g/mol. The Morgan fingerprint density at radius 3 is 2.39 bits per heavy atom. The van der Waals surface area contributed by atoms with E-state index in [2.05, 4.69) is 10.6 Å². The first kappa shape index (κ1) is 19.7. The van der Waals surface area contributed by atoms with Crippen LogP contribution in [0.5, 0.6) is 0 Å². The molecule has 28 heavy (non-hydrogen) atoms. The molecule has 3 rings (SSSR count). The lowest BCUT2D eigenvalue weighted by Crippen LogP contribution is -2.27. The van der Waals surface area contributed by atoms with Crippen LogP contribution in [0.1, 0.15) is 51.5 Å². The number of hydrogen-bond acceptors (Lipinski definition) is 3. The van der Waals surface area contributed by atoms with Crippen molar-refractivity contribution in [1.29, 1.82) is 0 Å². The second kappa shape index (κ2) is 7.89. The molecule has 0 saturated heterocycles. The molecule has 2 amide bonds. The highest BCUT2D eigenvalue weighted by atomic mass is 16.3. The Morgan fingerprint density at radius 1 is 1.00 bits per heavy atom. The van der Waals surface area contributed by atoms with Crippen molar-refractivity contribution in [1.82, 2.24) is 5.32 Å². The molecule has 5 nitrogen and oxygen atoms in total. The van der Waals surface area contributed by atoms with E-state index < -0.39 is 0 Å². The van der Waals surface area contributed by atoms with Crippen molar-refractivity contribution in [2.75, 3.05) is 11.9 Å². The van der Waals surface area contributed by atoms with Gasteiger partial charge in [-0.3, -0.25) is 9.59 Å². The summed E-state index contributed by atoms with van der Waals surface area (Å²) in [4.78, 5) is 25.0. The van der Waals surface area contributed by atoms with Crippen molar-refractivity contribution in [3.8, 4) is 0 Å². The van der Waals surface area contributed by atoms with Crippen molar-refractivity contribution in [3.63, 3.8) is 0 Å². The van der Waals surface area contributed by atoms with Crippen LogP contribution in [0.4, 0.5) is 5.69 Å². The molecule has 2 aromatic carbocycles. The molecule has 0 atom stereocenters. The van der Waals surface area contributed by atoms with E-state index in [1.54, 1.807) is 18.2 Å². The summed E-state index contributed by atoms with van der Waals surface area (Å²) < 4.78 is 5.84. The van der Waals surface area contributed by atoms with E-state index in [1.165, 1.54) is 0 Å². The van der Waals surface area contributed by atoms with Gasteiger partial charge in [0, 0.05) is 28.7 Å². The second-order valence-corrected chi connectivity index (χ2v) is 7.60. The lowest BCUT2D eigenvalue weighted by molar-refractivity contribution is 0.0948. The fraction of sp³-hybridized carbons (Fsp3) is 0.304. The minimum atomic E-state index is -0.298. The molecule has 3 aromatic rings. The maximum Gasteiger partial charge on any atom is 0.291 e. The standard InChI is InChI=1S/C23H26N2O3/c1-13(2)12-24-22(26)17-9-10-19(15(4)11-17)25-23(27)21-16(5)18-8-6-7-14(3)20(18)28-21/h6-11,13H,12H2,1-5H3,(H,24,26)(H,25,27). The zero-order chi connectivity index (χ0) is 20.4. The molecule has 5 heteroatoms. The van der Waals surface area contributed by atoms with E-state index in [9.17, 15) is 9.59 Å². The number of aryl methyl sites for hydroxylation is 3. The lowest BCUT2D eigenvalue weighted by atomic mass is 10.1. The summed E-state index contributed by atoms with van der Waals surface area (Å²) in [5, 5.41) is 6.74. The van der Waals surface area contributed by atoms with Crippen LogP contribution in [-0.4, -0.2) is 18.4 Å². The second-order valence-electron chi connectivity index (χ2n) is 7.60. The molecule has 146 valence electrons. The van der Waals surface area contributed by atoms with Crippen molar-refractivity contribution < 1.29 is 14.0 Å². The zero-order valence-corrected chi connectivity index (χ0v) is 17.0. The predicted octanol–water partition coefficient (Wildman–Crippen LogP) is 5.00. The first-order valence-electron chi connectivity index (χ1n) is 9.47. The number of carbonyl (C=O) groups excluding carboxylic acids is 2. The van der Waals surface area contributed by atoms with Crippen molar-refractivity contribution in [2.24, 2.45) is 5.92 Å². The molecule has 0 fully saturated rings. The first-order chi connectivity index (χ1) is 13.3. The highest BCUT2D eigenvalue weighted by molar-refractivity contribution is 6.07. The van der Waals surface area contributed by atoms with Gasteiger partial charge in [-0.15, -0.1) is 0 Å². The van der Waals surface area contributed by atoms with Crippen LogP contribution in [-0.2, 0) is 0 Å². The zero-order valence-electron chi connectivity index (χ0n) is 17.0. The number of amides is 2. The van der Waals surface area contributed by atoms with Crippen LogP contribution in [0.3, 0.4) is 0 Å². The van der Waals surface area contributed by atoms with Gasteiger partial charge in [0.25, 0.3) is 11.8 Å². The number of rotatable bonds is 5. The Morgan fingerprint density at radius 2 is 1.75 bits per heavy atom. The Kier molecular flexibility index (Phi) is 5.54. The number of hydrogen-bond donors (Lipinski definition) is 2. The van der Waals surface area contributed by atoms with Gasteiger partial charge in [0.2, 0.25) is 0 Å². The summed E-state index contributed by atoms with van der Waals surface area (Å²) in [5.41, 5.74) is 4.59. The average Bonchev–Trinajstić information content (AvgIpc) is 2.99. The maximum atomic E-state index is 12.8. The van der Waals surface area contributed by atoms with Gasteiger partial charge in [-0.1, -0.05) is 32.0 Å². The van der Waals surface area contributed by atoms with E-state index in [0.29, 0.717) is 29.5 Å². The smallest absolute Gasteiger partial charge is 0.291 e. The highest BCUT2D eigenvalue weighted by Crippen LogP contribution is 2.28. The molecule has 0 spiro atoms. The molecule has 2 N–H and O–H groups in total. The van der Waals surface area contributed by atoms with Gasteiger partial charge in [0.05, 0.1) is 0 Å². The van der Waals surface area contributed by atoms with Crippen molar-refractivity contribution in [3.05, 3.63) is 64.4 Å². The van der Waals surface area contributed by atoms with Crippen LogP contribution in [0.15, 0.2) is 40.8 Å². The van der Waals surface area contributed by atoms with Gasteiger partial charge in [-0.2, -0.15) is 0 Å². The summed E-state index contributed by atoms with van der Waals surface area (Å²) in [5.74, 6) is 0.285.